The molecule has 0 aliphatic heterocycles. The van der Waals surface area contributed by atoms with E-state index < -0.39 is 8.07 Å². The topological polar surface area (TPSA) is 9.23 Å². The standard InChI is InChI=1S/C26H31IOSi/c1-20(2)29(21(3)4,22(5)6)19-17-24-11-9-23(10-12-24)8-7-18-28-26-15-13-25(27)14-16-26/h9-16,20-22H,18H2,1-6H3. The molecule has 0 unspecified atom stereocenters. The van der Waals surface area contributed by atoms with Crippen LogP contribution in [0.2, 0.25) is 16.6 Å². The Kier molecular flexibility index (Phi) is 8.87. The number of benzene rings is 2. The van der Waals surface area contributed by atoms with E-state index in [2.05, 4.69) is 99.6 Å². The van der Waals surface area contributed by atoms with Crippen LogP contribution in [-0.2, 0) is 0 Å². The van der Waals surface area contributed by atoms with E-state index in [4.69, 9.17) is 4.74 Å². The summed E-state index contributed by atoms with van der Waals surface area (Å²) in [5, 5.41) is 0. The number of ether oxygens (including phenoxy) is 1. The van der Waals surface area contributed by atoms with Crippen LogP contribution < -0.4 is 4.74 Å². The summed E-state index contributed by atoms with van der Waals surface area (Å²) in [6.45, 7) is 14.5. The Balaban J connectivity index is 2.06. The third-order valence-corrected chi connectivity index (χ3v) is 12.5. The van der Waals surface area contributed by atoms with Crippen LogP contribution in [0.1, 0.15) is 52.7 Å². The minimum Gasteiger partial charge on any atom is -0.481 e. The third-order valence-electron chi connectivity index (χ3n) is 5.53. The van der Waals surface area contributed by atoms with Gasteiger partial charge in [-0.25, -0.2) is 0 Å². The van der Waals surface area contributed by atoms with Crippen LogP contribution in [0.15, 0.2) is 48.5 Å². The lowest BCUT2D eigenvalue weighted by Crippen LogP contribution is -2.43. The lowest BCUT2D eigenvalue weighted by Gasteiger charge is -2.38. The van der Waals surface area contributed by atoms with Crippen molar-refractivity contribution in [2.45, 2.75) is 58.2 Å². The molecule has 0 aromatic heterocycles. The molecule has 0 spiro atoms. The minimum absolute atomic E-state index is 0.382. The molecule has 2 aromatic carbocycles. The van der Waals surface area contributed by atoms with Gasteiger partial charge in [0.1, 0.15) is 20.4 Å². The second-order valence-corrected chi connectivity index (χ2v) is 15.1. The van der Waals surface area contributed by atoms with E-state index in [0.717, 1.165) is 16.9 Å². The van der Waals surface area contributed by atoms with Gasteiger partial charge in [0.05, 0.1) is 0 Å². The maximum Gasteiger partial charge on any atom is 0.149 e. The Labute approximate surface area is 191 Å². The smallest absolute Gasteiger partial charge is 0.149 e. The van der Waals surface area contributed by atoms with Crippen LogP contribution in [0.4, 0.5) is 0 Å². The molecule has 29 heavy (non-hydrogen) atoms. The molecule has 0 atom stereocenters. The zero-order valence-electron chi connectivity index (χ0n) is 18.3. The van der Waals surface area contributed by atoms with Gasteiger partial charge in [0.15, 0.2) is 0 Å². The molecule has 0 N–H and O–H groups in total. The van der Waals surface area contributed by atoms with Crippen LogP contribution in [0.25, 0.3) is 0 Å². The molecule has 152 valence electrons. The highest BCUT2D eigenvalue weighted by Crippen LogP contribution is 2.40. The number of rotatable bonds is 5. The van der Waals surface area contributed by atoms with Crippen molar-refractivity contribution in [2.75, 3.05) is 6.61 Å². The molecular weight excluding hydrogens is 483 g/mol. The summed E-state index contributed by atoms with van der Waals surface area (Å²) in [5.41, 5.74) is 7.78. The zero-order valence-corrected chi connectivity index (χ0v) is 21.5. The predicted octanol–water partition coefficient (Wildman–Crippen LogP) is 7.29. The molecule has 0 amide bonds. The highest BCUT2D eigenvalue weighted by Gasteiger charge is 2.41. The molecule has 2 aromatic rings. The Bertz CT molecular complexity index is 882. The maximum atomic E-state index is 5.65. The Morgan fingerprint density at radius 2 is 1.24 bits per heavy atom. The normalized spacial score (nSPS) is 11.1. The molecule has 0 saturated heterocycles. The van der Waals surface area contributed by atoms with Crippen LogP contribution in [0.3, 0.4) is 0 Å². The highest BCUT2D eigenvalue weighted by atomic mass is 127. The first-order chi connectivity index (χ1) is 13.8. The molecule has 0 radical (unpaired) electrons. The maximum absolute atomic E-state index is 5.65. The van der Waals surface area contributed by atoms with Gasteiger partial charge in [0, 0.05) is 14.7 Å². The van der Waals surface area contributed by atoms with Gasteiger partial charge in [-0.3, -0.25) is 0 Å². The fourth-order valence-electron chi connectivity index (χ4n) is 4.04. The van der Waals surface area contributed by atoms with Gasteiger partial charge in [0.25, 0.3) is 0 Å². The lowest BCUT2D eigenvalue weighted by atomic mass is 10.1. The lowest BCUT2D eigenvalue weighted by molar-refractivity contribution is 0.370. The van der Waals surface area contributed by atoms with E-state index in [-0.39, 0.29) is 0 Å². The summed E-state index contributed by atoms with van der Waals surface area (Å²) < 4.78 is 6.85. The van der Waals surface area contributed by atoms with Gasteiger partial charge < -0.3 is 4.74 Å². The van der Waals surface area contributed by atoms with Crippen LogP contribution in [-0.4, -0.2) is 14.7 Å². The summed E-state index contributed by atoms with van der Waals surface area (Å²) in [7, 11) is -1.69. The van der Waals surface area contributed by atoms with E-state index in [1.165, 1.54) is 3.57 Å². The van der Waals surface area contributed by atoms with Gasteiger partial charge in [-0.1, -0.05) is 59.3 Å². The van der Waals surface area contributed by atoms with E-state index in [1.54, 1.807) is 0 Å². The van der Waals surface area contributed by atoms with Crippen molar-refractivity contribution < 1.29 is 4.74 Å². The molecule has 1 nitrogen and oxygen atoms in total. The van der Waals surface area contributed by atoms with Crippen molar-refractivity contribution in [1.82, 2.24) is 0 Å². The first kappa shape index (κ1) is 23.6. The van der Waals surface area contributed by atoms with E-state index >= 15 is 0 Å². The summed E-state index contributed by atoms with van der Waals surface area (Å²) in [6, 6.07) is 16.2. The molecule has 0 saturated carbocycles. The average molecular weight is 515 g/mol. The van der Waals surface area contributed by atoms with Crippen molar-refractivity contribution >= 4 is 30.7 Å². The predicted molar refractivity (Wildman–Crippen MR) is 136 cm³/mol. The van der Waals surface area contributed by atoms with E-state index in [9.17, 15) is 0 Å². The third kappa shape index (κ3) is 6.39. The quantitative estimate of drug-likeness (QED) is 0.231. The number of halogens is 1. The molecule has 0 bridgehead atoms. The van der Waals surface area contributed by atoms with Crippen molar-refractivity contribution in [3.05, 3.63) is 63.2 Å². The van der Waals surface area contributed by atoms with Gasteiger partial charge in [-0.15, -0.1) is 5.54 Å². The Morgan fingerprint density at radius 1 is 0.759 bits per heavy atom. The summed E-state index contributed by atoms with van der Waals surface area (Å²) in [4.78, 5) is 0. The summed E-state index contributed by atoms with van der Waals surface area (Å²) >= 11 is 2.28. The van der Waals surface area contributed by atoms with Crippen molar-refractivity contribution in [3.63, 3.8) is 0 Å². The average Bonchev–Trinajstić information content (AvgIpc) is 2.67. The first-order valence-electron chi connectivity index (χ1n) is 10.3. The zero-order chi connectivity index (χ0) is 21.4. The molecule has 0 heterocycles. The van der Waals surface area contributed by atoms with Gasteiger partial charge in [-0.2, -0.15) is 0 Å². The van der Waals surface area contributed by atoms with Gasteiger partial charge in [0.2, 0.25) is 0 Å². The minimum atomic E-state index is -1.69. The van der Waals surface area contributed by atoms with Crippen molar-refractivity contribution in [2.24, 2.45) is 0 Å². The largest absolute Gasteiger partial charge is 0.481 e. The second-order valence-electron chi connectivity index (χ2n) is 8.27. The number of hydrogen-bond acceptors (Lipinski definition) is 1. The Morgan fingerprint density at radius 3 is 1.72 bits per heavy atom. The summed E-state index contributed by atoms with van der Waals surface area (Å²) in [6.07, 6.45) is 0. The Hall–Kier alpha value is -1.69. The molecule has 0 aliphatic rings. The first-order valence-corrected chi connectivity index (χ1v) is 13.6. The molecule has 2 rings (SSSR count). The SMILES string of the molecule is CC(C)[Si](C#Cc1ccc(C#CCOc2ccc(I)cc2)cc1)(C(C)C)C(C)C. The molecule has 0 fully saturated rings. The van der Waals surface area contributed by atoms with Crippen LogP contribution in [0, 0.1) is 26.9 Å². The van der Waals surface area contributed by atoms with Crippen LogP contribution in [0.5, 0.6) is 5.75 Å². The molecule has 0 aliphatic carbocycles. The fraction of sp³-hybridized carbons (Fsp3) is 0.385. The van der Waals surface area contributed by atoms with Gasteiger partial charge >= 0.3 is 0 Å². The highest BCUT2D eigenvalue weighted by molar-refractivity contribution is 14.1. The number of hydrogen-bond donors (Lipinski definition) is 0. The van der Waals surface area contributed by atoms with Gasteiger partial charge in [-0.05, 0) is 87.7 Å². The second kappa shape index (κ2) is 10.9. The molecular formula is C26H31IOSi. The summed E-state index contributed by atoms with van der Waals surface area (Å²) in [5.74, 6) is 10.6. The van der Waals surface area contributed by atoms with Crippen molar-refractivity contribution in [3.8, 4) is 29.1 Å². The fourth-order valence-corrected chi connectivity index (χ4v) is 9.63. The monoisotopic (exact) mass is 514 g/mol. The molecule has 3 heteroatoms. The van der Waals surface area contributed by atoms with Crippen LogP contribution >= 0.6 is 22.6 Å². The van der Waals surface area contributed by atoms with Crippen molar-refractivity contribution in [1.29, 1.82) is 0 Å². The van der Waals surface area contributed by atoms with E-state index in [1.807, 2.05) is 36.4 Å². The van der Waals surface area contributed by atoms with E-state index in [0.29, 0.717) is 23.2 Å².